The van der Waals surface area contributed by atoms with Crippen LogP contribution in [0.3, 0.4) is 0 Å². The van der Waals surface area contributed by atoms with E-state index in [9.17, 15) is 4.79 Å². The number of nitrogens with zero attached hydrogens (tertiary/aromatic N) is 5. The van der Waals surface area contributed by atoms with Crippen molar-refractivity contribution in [3.63, 3.8) is 0 Å². The van der Waals surface area contributed by atoms with Crippen LogP contribution in [0.5, 0.6) is 0 Å². The summed E-state index contributed by atoms with van der Waals surface area (Å²) in [6.07, 6.45) is 7.29. The van der Waals surface area contributed by atoms with E-state index in [2.05, 4.69) is 36.3 Å². The van der Waals surface area contributed by atoms with Gasteiger partial charge < -0.3 is 4.98 Å². The molecule has 0 aliphatic heterocycles. The van der Waals surface area contributed by atoms with Crippen LogP contribution in [0.15, 0.2) is 55.1 Å². The third-order valence-electron chi connectivity index (χ3n) is 5.45. The van der Waals surface area contributed by atoms with E-state index in [1.165, 1.54) is 11.3 Å². The van der Waals surface area contributed by atoms with Gasteiger partial charge in [-0.05, 0) is 37.3 Å². The Kier molecular flexibility index (Phi) is 4.05. The molecule has 0 unspecified atom stereocenters. The number of fused-ring (bicyclic) bond motifs is 2. The standard InChI is InChI=1S/C23H17N7OS/c1-12(31)20-3-4-21(32-20)14-5-6-24-23-15(14)7-18(27-23)22-16-8-17(13-9-26-30(2)11-13)25-10-19(16)28-29-22/h3-11H,1-2H3,(H,24,27)(H,28,29). The number of H-pyrrole nitrogens is 2. The van der Waals surface area contributed by atoms with Gasteiger partial charge >= 0.3 is 0 Å². The Hall–Kier alpha value is -4.11. The first-order chi connectivity index (χ1) is 15.6. The van der Waals surface area contributed by atoms with Crippen LogP contribution < -0.4 is 0 Å². The van der Waals surface area contributed by atoms with Crippen LogP contribution in [-0.2, 0) is 7.05 Å². The second-order valence-electron chi connectivity index (χ2n) is 7.61. The largest absolute Gasteiger partial charge is 0.338 e. The van der Waals surface area contributed by atoms with Gasteiger partial charge in [0, 0.05) is 46.2 Å². The maximum absolute atomic E-state index is 11.7. The molecule has 6 heterocycles. The Labute approximate surface area is 186 Å². The molecule has 0 aromatic carbocycles. The summed E-state index contributed by atoms with van der Waals surface area (Å²) >= 11 is 1.49. The van der Waals surface area contributed by atoms with Gasteiger partial charge in [0.25, 0.3) is 0 Å². The monoisotopic (exact) mass is 439 g/mol. The molecule has 9 heteroatoms. The molecule has 0 aliphatic rings. The first-order valence-corrected chi connectivity index (χ1v) is 10.8. The van der Waals surface area contributed by atoms with Crippen LogP contribution in [0.25, 0.3) is 55.0 Å². The Morgan fingerprint density at radius 2 is 2.00 bits per heavy atom. The average molecular weight is 440 g/mol. The van der Waals surface area contributed by atoms with Gasteiger partial charge in [0.15, 0.2) is 5.78 Å². The number of hydrogen-bond donors (Lipinski definition) is 2. The molecule has 0 bridgehead atoms. The van der Waals surface area contributed by atoms with Crippen LogP contribution in [0, 0.1) is 0 Å². The van der Waals surface area contributed by atoms with Crippen molar-refractivity contribution in [1.29, 1.82) is 0 Å². The lowest BCUT2D eigenvalue weighted by molar-refractivity contribution is 0.102. The molecule has 0 atom stereocenters. The average Bonchev–Trinajstić information content (AvgIpc) is 3.56. The quantitative estimate of drug-likeness (QED) is 0.383. The number of carbonyl (C=O) groups excluding carboxylic acids is 1. The lowest BCUT2D eigenvalue weighted by Crippen LogP contribution is -1.85. The zero-order valence-corrected chi connectivity index (χ0v) is 18.1. The number of ketones is 1. The van der Waals surface area contributed by atoms with Crippen molar-refractivity contribution in [2.24, 2.45) is 7.05 Å². The number of rotatable bonds is 4. The van der Waals surface area contributed by atoms with Crippen LogP contribution in [0.2, 0.25) is 0 Å². The van der Waals surface area contributed by atoms with E-state index < -0.39 is 0 Å². The van der Waals surface area contributed by atoms with Gasteiger partial charge in [-0.3, -0.25) is 19.6 Å². The summed E-state index contributed by atoms with van der Waals surface area (Å²) in [6, 6.07) is 9.91. The maximum Gasteiger partial charge on any atom is 0.169 e. The molecule has 0 fully saturated rings. The van der Waals surface area contributed by atoms with Crippen LogP contribution >= 0.6 is 11.3 Å². The lowest BCUT2D eigenvalue weighted by Gasteiger charge is -1.98. The Bertz CT molecular complexity index is 1630. The van der Waals surface area contributed by atoms with E-state index in [1.54, 1.807) is 30.2 Å². The normalized spacial score (nSPS) is 11.6. The lowest BCUT2D eigenvalue weighted by atomic mass is 10.1. The Morgan fingerprint density at radius 1 is 1.09 bits per heavy atom. The number of carbonyl (C=O) groups is 1. The summed E-state index contributed by atoms with van der Waals surface area (Å²) in [5, 5.41) is 13.8. The van der Waals surface area contributed by atoms with Crippen molar-refractivity contribution in [2.75, 3.05) is 0 Å². The molecule has 0 amide bonds. The number of nitrogens with one attached hydrogen (secondary N) is 2. The fourth-order valence-corrected chi connectivity index (χ4v) is 4.82. The summed E-state index contributed by atoms with van der Waals surface area (Å²) in [4.78, 5) is 26.0. The topological polar surface area (TPSA) is 105 Å². The highest BCUT2D eigenvalue weighted by Crippen LogP contribution is 2.36. The minimum absolute atomic E-state index is 0.0716. The zero-order valence-electron chi connectivity index (χ0n) is 17.2. The highest BCUT2D eigenvalue weighted by Gasteiger charge is 2.16. The zero-order chi connectivity index (χ0) is 21.8. The molecule has 6 aromatic rings. The fourth-order valence-electron chi connectivity index (χ4n) is 3.87. The molecular weight excluding hydrogens is 422 g/mol. The highest BCUT2D eigenvalue weighted by molar-refractivity contribution is 7.17. The molecule has 0 radical (unpaired) electrons. The van der Waals surface area contributed by atoms with Crippen molar-refractivity contribution in [3.8, 4) is 33.1 Å². The van der Waals surface area contributed by atoms with E-state index in [0.29, 0.717) is 0 Å². The minimum atomic E-state index is 0.0716. The Balaban J connectivity index is 1.49. The number of hydrogen-bond acceptors (Lipinski definition) is 6. The predicted molar refractivity (Wildman–Crippen MR) is 124 cm³/mol. The molecule has 0 spiro atoms. The Morgan fingerprint density at radius 3 is 2.78 bits per heavy atom. The van der Waals surface area contributed by atoms with Crippen LogP contribution in [-0.4, -0.2) is 40.7 Å². The van der Waals surface area contributed by atoms with Crippen molar-refractivity contribution in [2.45, 2.75) is 6.92 Å². The molecule has 6 rings (SSSR count). The summed E-state index contributed by atoms with van der Waals surface area (Å²) < 4.78 is 1.75. The van der Waals surface area contributed by atoms with E-state index in [-0.39, 0.29) is 5.78 Å². The number of thiophene rings is 1. The minimum Gasteiger partial charge on any atom is -0.338 e. The van der Waals surface area contributed by atoms with Crippen molar-refractivity contribution < 1.29 is 4.79 Å². The van der Waals surface area contributed by atoms with Crippen LogP contribution in [0.1, 0.15) is 16.6 Å². The molecular formula is C23H17N7OS. The number of pyridine rings is 2. The summed E-state index contributed by atoms with van der Waals surface area (Å²) in [5.41, 5.74) is 6.09. The van der Waals surface area contributed by atoms with Crippen LogP contribution in [0.4, 0.5) is 0 Å². The number of aryl methyl sites for hydroxylation is 1. The van der Waals surface area contributed by atoms with Crippen molar-refractivity contribution in [1.82, 2.24) is 34.9 Å². The van der Waals surface area contributed by atoms with Gasteiger partial charge in [-0.2, -0.15) is 10.2 Å². The number of aromatic amines is 2. The first kappa shape index (κ1) is 18.6. The predicted octanol–water partition coefficient (Wildman–Crippen LogP) is 4.83. The molecule has 8 nitrogen and oxygen atoms in total. The molecule has 0 saturated heterocycles. The van der Waals surface area contributed by atoms with E-state index in [1.807, 2.05) is 37.5 Å². The third kappa shape index (κ3) is 2.94. The molecule has 0 saturated carbocycles. The number of aromatic nitrogens is 7. The molecule has 6 aromatic heterocycles. The third-order valence-corrected chi connectivity index (χ3v) is 6.67. The summed E-state index contributed by atoms with van der Waals surface area (Å²) in [6.45, 7) is 1.59. The number of Topliss-reactive ketones (excluding diaryl/α,β-unsaturated/α-hetero) is 1. The summed E-state index contributed by atoms with van der Waals surface area (Å²) in [7, 11) is 1.88. The second kappa shape index (κ2) is 6.96. The molecule has 2 N–H and O–H groups in total. The van der Waals surface area contributed by atoms with Gasteiger partial charge in [0.05, 0.1) is 34.2 Å². The highest BCUT2D eigenvalue weighted by atomic mass is 32.1. The molecule has 156 valence electrons. The smallest absolute Gasteiger partial charge is 0.169 e. The molecule has 0 aliphatic carbocycles. The van der Waals surface area contributed by atoms with E-state index in [0.717, 1.165) is 59.9 Å². The van der Waals surface area contributed by atoms with Gasteiger partial charge in [0.2, 0.25) is 0 Å². The first-order valence-electron chi connectivity index (χ1n) is 9.99. The maximum atomic E-state index is 11.7. The fraction of sp³-hybridized carbons (Fsp3) is 0.0870. The second-order valence-corrected chi connectivity index (χ2v) is 8.70. The van der Waals surface area contributed by atoms with Gasteiger partial charge in [-0.1, -0.05) is 0 Å². The van der Waals surface area contributed by atoms with E-state index in [4.69, 9.17) is 0 Å². The van der Waals surface area contributed by atoms with E-state index >= 15 is 0 Å². The van der Waals surface area contributed by atoms with Crippen molar-refractivity contribution >= 4 is 39.1 Å². The van der Waals surface area contributed by atoms with Gasteiger partial charge in [-0.15, -0.1) is 11.3 Å². The van der Waals surface area contributed by atoms with Crippen molar-refractivity contribution in [3.05, 3.63) is 60.0 Å². The SMILES string of the molecule is CC(=O)c1ccc(-c2ccnc3[nH]c(-c4n[nH]c5cnc(-c6cnn(C)c6)cc45)cc23)s1. The van der Waals surface area contributed by atoms with Gasteiger partial charge in [0.1, 0.15) is 11.3 Å². The van der Waals surface area contributed by atoms with Gasteiger partial charge in [-0.25, -0.2) is 4.98 Å². The summed E-state index contributed by atoms with van der Waals surface area (Å²) in [5.74, 6) is 0.0716. The molecule has 32 heavy (non-hydrogen) atoms.